The van der Waals surface area contributed by atoms with Crippen LogP contribution in [0.15, 0.2) is 11.6 Å². The Morgan fingerprint density at radius 1 is 1.00 bits per heavy atom. The molecule has 0 aliphatic heterocycles. The predicted octanol–water partition coefficient (Wildman–Crippen LogP) is 4.49. The molecule has 0 radical (unpaired) electrons. The Balaban J connectivity index is 1.77. The van der Waals surface area contributed by atoms with E-state index in [1.54, 1.807) is 0 Å². The molecule has 0 aromatic carbocycles. The molecular weight excluding hydrogens is 364 g/mol. The molecule has 4 aliphatic carbocycles. The van der Waals surface area contributed by atoms with Gasteiger partial charge < -0.3 is 14.9 Å². The maximum atomic E-state index is 12.2. The van der Waals surface area contributed by atoms with Gasteiger partial charge in [-0.15, -0.1) is 0 Å². The van der Waals surface area contributed by atoms with E-state index in [1.807, 2.05) is 13.0 Å². The van der Waals surface area contributed by atoms with Crippen LogP contribution in [0.5, 0.6) is 0 Å². The minimum Gasteiger partial charge on any atom is -0.466 e. The van der Waals surface area contributed by atoms with Crippen LogP contribution in [0.2, 0.25) is 0 Å². The highest BCUT2D eigenvalue weighted by atomic mass is 16.5. The van der Waals surface area contributed by atoms with Gasteiger partial charge in [-0.05, 0) is 72.5 Å². The smallest absolute Gasteiger partial charge is 0.336 e. The number of aliphatic hydroxyl groups excluding tert-OH is 2. The summed E-state index contributed by atoms with van der Waals surface area (Å²) in [6.07, 6.45) is 7.91. The highest BCUT2D eigenvalue weighted by Gasteiger charge is 2.68. The van der Waals surface area contributed by atoms with Gasteiger partial charge in [0.15, 0.2) is 0 Å². The highest BCUT2D eigenvalue weighted by Crippen LogP contribution is 2.72. The maximum Gasteiger partial charge on any atom is 0.336 e. The number of allylic oxidation sites excluding steroid dienone is 1. The van der Waals surface area contributed by atoms with E-state index in [2.05, 4.69) is 27.7 Å². The van der Waals surface area contributed by atoms with Crippen molar-refractivity contribution in [3.63, 3.8) is 0 Å². The summed E-state index contributed by atoms with van der Waals surface area (Å²) >= 11 is 0. The van der Waals surface area contributed by atoms with Gasteiger partial charge in [0, 0.05) is 5.41 Å². The second-order valence-corrected chi connectivity index (χ2v) is 12.0. The largest absolute Gasteiger partial charge is 0.466 e. The number of fused-ring (bicyclic) bond motifs is 5. The first-order chi connectivity index (χ1) is 13.4. The molecule has 4 rings (SSSR count). The summed E-state index contributed by atoms with van der Waals surface area (Å²) in [5, 5.41) is 22.7. The average molecular weight is 405 g/mol. The second-order valence-electron chi connectivity index (χ2n) is 12.0. The Hall–Kier alpha value is -0.870. The Kier molecular flexibility index (Phi) is 4.83. The van der Waals surface area contributed by atoms with Gasteiger partial charge in [0.25, 0.3) is 0 Å². The topological polar surface area (TPSA) is 66.8 Å². The molecule has 3 fully saturated rings. The van der Waals surface area contributed by atoms with Gasteiger partial charge in [0.1, 0.15) is 0 Å². The number of methoxy groups -OCH3 is 1. The molecule has 0 amide bonds. The first-order valence-corrected chi connectivity index (χ1v) is 11.6. The van der Waals surface area contributed by atoms with Gasteiger partial charge in [0.05, 0.1) is 24.9 Å². The lowest BCUT2D eigenvalue weighted by molar-refractivity contribution is -0.241. The van der Waals surface area contributed by atoms with Crippen molar-refractivity contribution in [2.45, 2.75) is 91.8 Å². The highest BCUT2D eigenvalue weighted by molar-refractivity contribution is 5.90. The van der Waals surface area contributed by atoms with E-state index in [1.165, 1.54) is 32.8 Å². The molecule has 0 spiro atoms. The Morgan fingerprint density at radius 3 is 2.31 bits per heavy atom. The van der Waals surface area contributed by atoms with Gasteiger partial charge >= 0.3 is 5.97 Å². The quantitative estimate of drug-likeness (QED) is 0.632. The summed E-state index contributed by atoms with van der Waals surface area (Å²) in [6.45, 7) is 11.8. The molecule has 2 N–H and O–H groups in total. The number of hydrogen-bond acceptors (Lipinski definition) is 4. The molecule has 164 valence electrons. The van der Waals surface area contributed by atoms with Gasteiger partial charge in [-0.25, -0.2) is 4.79 Å². The molecule has 8 atom stereocenters. The van der Waals surface area contributed by atoms with Crippen molar-refractivity contribution >= 4 is 5.97 Å². The van der Waals surface area contributed by atoms with Crippen molar-refractivity contribution in [1.29, 1.82) is 0 Å². The van der Waals surface area contributed by atoms with Gasteiger partial charge in [0.2, 0.25) is 0 Å². The monoisotopic (exact) mass is 404 g/mol. The van der Waals surface area contributed by atoms with Crippen molar-refractivity contribution in [2.75, 3.05) is 7.11 Å². The molecule has 29 heavy (non-hydrogen) atoms. The third-order valence-electron chi connectivity index (χ3n) is 10.4. The van der Waals surface area contributed by atoms with Crippen LogP contribution in [-0.4, -0.2) is 35.5 Å². The number of rotatable bonds is 1. The van der Waals surface area contributed by atoms with Crippen molar-refractivity contribution in [2.24, 2.45) is 39.4 Å². The minimum absolute atomic E-state index is 0.0613. The van der Waals surface area contributed by atoms with Crippen LogP contribution < -0.4 is 0 Å². The standard InChI is InChI=1S/C25H40O4/c1-22(2)11-7-12-23(3)16(22)10-13-24(4)17-9-8-15(21(28)29-6)20(27)25(17,5)19(26)14-18(23)24/h8,16-20,26-27H,7,9-14H2,1-6H3/t16?,17?,18?,19-,20?,23+,24+,25-/m1/s1. The third kappa shape index (κ3) is 2.67. The van der Waals surface area contributed by atoms with Crippen LogP contribution in [0.3, 0.4) is 0 Å². The van der Waals surface area contributed by atoms with Gasteiger partial charge in [-0.3, -0.25) is 0 Å². The minimum atomic E-state index is -0.977. The van der Waals surface area contributed by atoms with Crippen LogP contribution in [-0.2, 0) is 9.53 Å². The molecule has 0 heterocycles. The number of hydrogen-bond donors (Lipinski definition) is 2. The summed E-state index contributed by atoms with van der Waals surface area (Å²) in [5.41, 5.74) is 0.257. The van der Waals surface area contributed by atoms with E-state index in [4.69, 9.17) is 4.74 Å². The van der Waals surface area contributed by atoms with Crippen molar-refractivity contribution in [3.8, 4) is 0 Å². The number of ether oxygens (including phenoxy) is 1. The lowest BCUT2D eigenvalue weighted by Crippen LogP contribution is -2.67. The molecule has 0 aromatic rings. The van der Waals surface area contributed by atoms with Crippen LogP contribution in [0, 0.1) is 39.4 Å². The zero-order valence-corrected chi connectivity index (χ0v) is 19.1. The Morgan fingerprint density at radius 2 is 1.66 bits per heavy atom. The van der Waals surface area contributed by atoms with Gasteiger partial charge in [-0.2, -0.15) is 0 Å². The summed E-state index contributed by atoms with van der Waals surface area (Å²) in [6, 6.07) is 0. The van der Waals surface area contributed by atoms with Crippen LogP contribution in [0.4, 0.5) is 0 Å². The number of aliphatic hydroxyl groups is 2. The van der Waals surface area contributed by atoms with Crippen LogP contribution in [0.1, 0.15) is 79.6 Å². The SMILES string of the molecule is COC(=O)C1=CCC2[C@]3(C)CCC4C(C)(C)CCC[C@]4(C)C3C[C@@H](O)[C@]2(C)C1O. The lowest BCUT2D eigenvalue weighted by atomic mass is 9.35. The van der Waals surface area contributed by atoms with E-state index < -0.39 is 23.6 Å². The molecule has 4 aliphatic rings. The Labute approximate surface area is 176 Å². The molecule has 4 nitrogen and oxygen atoms in total. The van der Waals surface area contributed by atoms with E-state index >= 15 is 0 Å². The predicted molar refractivity (Wildman–Crippen MR) is 113 cm³/mol. The van der Waals surface area contributed by atoms with E-state index in [0.717, 1.165) is 19.3 Å². The molecular formula is C25H40O4. The second kappa shape index (κ2) is 6.56. The third-order valence-corrected chi connectivity index (χ3v) is 10.4. The fourth-order valence-electron chi connectivity index (χ4n) is 8.96. The van der Waals surface area contributed by atoms with Crippen LogP contribution >= 0.6 is 0 Å². The summed E-state index contributed by atoms with van der Waals surface area (Å²) in [4.78, 5) is 12.2. The van der Waals surface area contributed by atoms with E-state index in [9.17, 15) is 15.0 Å². The summed E-state index contributed by atoms with van der Waals surface area (Å²) in [7, 11) is 1.35. The van der Waals surface area contributed by atoms with Gasteiger partial charge in [-0.1, -0.05) is 47.1 Å². The van der Waals surface area contributed by atoms with Crippen molar-refractivity contribution in [1.82, 2.24) is 0 Å². The van der Waals surface area contributed by atoms with E-state index in [-0.39, 0.29) is 16.7 Å². The first kappa shape index (κ1) is 21.4. The fraction of sp³-hybridized carbons (Fsp3) is 0.880. The molecule has 4 heteroatoms. The molecule has 3 saturated carbocycles. The fourth-order valence-corrected chi connectivity index (χ4v) is 8.96. The zero-order valence-electron chi connectivity index (χ0n) is 19.1. The first-order valence-electron chi connectivity index (χ1n) is 11.6. The number of carbonyl (C=O) groups excluding carboxylic acids is 1. The number of carbonyl (C=O) groups is 1. The van der Waals surface area contributed by atoms with Crippen LogP contribution in [0.25, 0.3) is 0 Å². The maximum absolute atomic E-state index is 12.2. The number of esters is 1. The van der Waals surface area contributed by atoms with E-state index in [0.29, 0.717) is 22.8 Å². The molecule has 0 bridgehead atoms. The lowest BCUT2D eigenvalue weighted by Gasteiger charge is -2.70. The molecule has 0 aromatic heterocycles. The normalized spacial score (nSPS) is 51.2. The molecule has 0 saturated heterocycles. The summed E-state index contributed by atoms with van der Waals surface area (Å²) in [5.74, 6) is 0.825. The van der Waals surface area contributed by atoms with Crippen molar-refractivity contribution in [3.05, 3.63) is 11.6 Å². The van der Waals surface area contributed by atoms with Crippen molar-refractivity contribution < 1.29 is 19.7 Å². The molecule has 4 unspecified atom stereocenters. The Bertz CT molecular complexity index is 726. The average Bonchev–Trinajstić information content (AvgIpc) is 2.64. The zero-order chi connectivity index (χ0) is 21.4. The summed E-state index contributed by atoms with van der Waals surface area (Å²) < 4.78 is 4.91.